The van der Waals surface area contributed by atoms with Crippen molar-refractivity contribution in [2.45, 2.75) is 65.5 Å². The molecule has 0 aliphatic carbocycles. The Bertz CT molecular complexity index is 727. The number of ether oxygens (including phenoxy) is 1. The van der Waals surface area contributed by atoms with Gasteiger partial charge in [0, 0.05) is 31.7 Å². The number of amides is 3. The maximum absolute atomic E-state index is 12.6. The Balaban J connectivity index is 1.87. The number of anilines is 1. The Kier molecular flexibility index (Phi) is 8.05. The van der Waals surface area contributed by atoms with Gasteiger partial charge in [-0.05, 0) is 57.7 Å². The summed E-state index contributed by atoms with van der Waals surface area (Å²) in [6, 6.07) is 7.46. The molecule has 29 heavy (non-hydrogen) atoms. The lowest BCUT2D eigenvalue weighted by Crippen LogP contribution is -2.46. The van der Waals surface area contributed by atoms with Crippen LogP contribution in [-0.4, -0.2) is 41.5 Å². The van der Waals surface area contributed by atoms with Gasteiger partial charge in [0.1, 0.15) is 5.60 Å². The monoisotopic (exact) mass is 403 g/mol. The summed E-state index contributed by atoms with van der Waals surface area (Å²) in [6.45, 7) is 8.81. The number of likely N-dealkylation sites (tertiary alicyclic amines) is 1. The van der Waals surface area contributed by atoms with E-state index in [0.717, 1.165) is 30.5 Å². The van der Waals surface area contributed by atoms with Crippen molar-refractivity contribution in [3.05, 3.63) is 29.8 Å². The summed E-state index contributed by atoms with van der Waals surface area (Å²) in [6.07, 6.45) is 2.43. The fourth-order valence-corrected chi connectivity index (χ4v) is 3.23. The number of carbonyl (C=O) groups excluding carboxylic acids is 3. The van der Waals surface area contributed by atoms with Gasteiger partial charge in [0.15, 0.2) is 0 Å². The zero-order chi connectivity index (χ0) is 21.4. The minimum atomic E-state index is -0.552. The van der Waals surface area contributed by atoms with Crippen LogP contribution in [0.2, 0.25) is 0 Å². The van der Waals surface area contributed by atoms with Crippen molar-refractivity contribution in [2.75, 3.05) is 18.4 Å². The number of carbonyl (C=O) groups is 3. The maximum atomic E-state index is 12.6. The molecule has 0 bridgehead atoms. The molecule has 0 saturated carbocycles. The number of hydrogen-bond donors (Lipinski definition) is 2. The van der Waals surface area contributed by atoms with Gasteiger partial charge in [-0.1, -0.05) is 19.1 Å². The number of hydrogen-bond acceptors (Lipinski definition) is 4. The number of benzene rings is 1. The lowest BCUT2D eigenvalue weighted by atomic mass is 9.97. The van der Waals surface area contributed by atoms with E-state index in [4.69, 9.17) is 4.74 Å². The van der Waals surface area contributed by atoms with Crippen molar-refractivity contribution < 1.29 is 19.1 Å². The first kappa shape index (κ1) is 22.7. The van der Waals surface area contributed by atoms with Crippen LogP contribution in [0.5, 0.6) is 0 Å². The lowest BCUT2D eigenvalue weighted by Gasteiger charge is -2.33. The van der Waals surface area contributed by atoms with Gasteiger partial charge in [-0.15, -0.1) is 0 Å². The number of nitrogens with one attached hydrogen (secondary N) is 2. The summed E-state index contributed by atoms with van der Waals surface area (Å²) in [5, 5.41) is 5.81. The molecule has 0 radical (unpaired) electrons. The smallest absolute Gasteiger partial charge is 0.410 e. The lowest BCUT2D eigenvalue weighted by molar-refractivity contribution is -0.126. The van der Waals surface area contributed by atoms with Crippen LogP contribution >= 0.6 is 0 Å². The van der Waals surface area contributed by atoms with Crippen molar-refractivity contribution in [1.29, 1.82) is 0 Å². The minimum absolute atomic E-state index is 0.0156. The van der Waals surface area contributed by atoms with Crippen LogP contribution < -0.4 is 10.6 Å². The summed E-state index contributed by atoms with van der Waals surface area (Å²) in [5.41, 5.74) is 1.08. The van der Waals surface area contributed by atoms with E-state index < -0.39 is 5.60 Å². The van der Waals surface area contributed by atoms with E-state index >= 15 is 0 Å². The first-order chi connectivity index (χ1) is 13.7. The van der Waals surface area contributed by atoms with E-state index in [2.05, 4.69) is 10.6 Å². The van der Waals surface area contributed by atoms with Gasteiger partial charge in [0.2, 0.25) is 11.8 Å². The fourth-order valence-electron chi connectivity index (χ4n) is 3.23. The Morgan fingerprint density at radius 1 is 1.24 bits per heavy atom. The molecule has 1 aliphatic rings. The van der Waals surface area contributed by atoms with Gasteiger partial charge in [-0.2, -0.15) is 0 Å². The zero-order valence-corrected chi connectivity index (χ0v) is 17.9. The minimum Gasteiger partial charge on any atom is -0.444 e. The zero-order valence-electron chi connectivity index (χ0n) is 17.9. The summed E-state index contributed by atoms with van der Waals surface area (Å²) in [7, 11) is 0. The van der Waals surface area contributed by atoms with Crippen molar-refractivity contribution in [2.24, 2.45) is 5.92 Å². The molecular formula is C22H33N3O4. The van der Waals surface area contributed by atoms with Crippen LogP contribution in [0.1, 0.15) is 58.9 Å². The SMILES string of the molecule is CCCC(=O)Nc1cccc(CNC(=O)C2CCCN(C(=O)OC(C)(C)C)C2)c1. The Labute approximate surface area is 173 Å². The molecule has 1 aliphatic heterocycles. The van der Waals surface area contributed by atoms with Crippen molar-refractivity contribution in [1.82, 2.24) is 10.2 Å². The van der Waals surface area contributed by atoms with Gasteiger partial charge in [-0.25, -0.2) is 4.79 Å². The predicted octanol–water partition coefficient (Wildman–Crippen LogP) is 3.69. The largest absolute Gasteiger partial charge is 0.444 e. The van der Waals surface area contributed by atoms with Crippen LogP contribution in [0.4, 0.5) is 10.5 Å². The van der Waals surface area contributed by atoms with Crippen LogP contribution in [-0.2, 0) is 20.9 Å². The third kappa shape index (κ3) is 7.75. The van der Waals surface area contributed by atoms with E-state index in [0.29, 0.717) is 26.1 Å². The van der Waals surface area contributed by atoms with Crippen molar-refractivity contribution in [3.8, 4) is 0 Å². The molecule has 1 saturated heterocycles. The predicted molar refractivity (Wildman–Crippen MR) is 112 cm³/mol. The quantitative estimate of drug-likeness (QED) is 0.758. The van der Waals surface area contributed by atoms with Crippen LogP contribution in [0.3, 0.4) is 0 Å². The van der Waals surface area contributed by atoms with Crippen LogP contribution in [0.25, 0.3) is 0 Å². The molecule has 160 valence electrons. The molecule has 1 aromatic carbocycles. The second kappa shape index (κ2) is 10.3. The fraction of sp³-hybridized carbons (Fsp3) is 0.591. The number of rotatable bonds is 6. The molecule has 2 rings (SSSR count). The highest BCUT2D eigenvalue weighted by Crippen LogP contribution is 2.20. The highest BCUT2D eigenvalue weighted by atomic mass is 16.6. The Morgan fingerprint density at radius 2 is 2.00 bits per heavy atom. The molecule has 0 spiro atoms. The molecule has 2 N–H and O–H groups in total. The van der Waals surface area contributed by atoms with Crippen LogP contribution in [0, 0.1) is 5.92 Å². The summed E-state index contributed by atoms with van der Waals surface area (Å²) < 4.78 is 5.42. The van der Waals surface area contributed by atoms with E-state index in [1.54, 1.807) is 4.90 Å². The first-order valence-corrected chi connectivity index (χ1v) is 10.3. The van der Waals surface area contributed by atoms with Gasteiger partial charge >= 0.3 is 6.09 Å². The van der Waals surface area contributed by atoms with Crippen molar-refractivity contribution >= 4 is 23.6 Å². The summed E-state index contributed by atoms with van der Waals surface area (Å²) in [4.78, 5) is 38.2. The number of piperidine rings is 1. The second-order valence-corrected chi connectivity index (χ2v) is 8.48. The Hall–Kier alpha value is -2.57. The maximum Gasteiger partial charge on any atom is 0.410 e. The van der Waals surface area contributed by atoms with E-state index in [-0.39, 0.29) is 23.8 Å². The van der Waals surface area contributed by atoms with E-state index in [1.807, 2.05) is 52.0 Å². The summed E-state index contributed by atoms with van der Waals surface area (Å²) >= 11 is 0. The molecule has 7 heteroatoms. The molecule has 3 amide bonds. The molecule has 7 nitrogen and oxygen atoms in total. The number of nitrogens with zero attached hydrogens (tertiary/aromatic N) is 1. The van der Waals surface area contributed by atoms with Gasteiger partial charge < -0.3 is 20.3 Å². The van der Waals surface area contributed by atoms with E-state index in [9.17, 15) is 14.4 Å². The molecule has 1 unspecified atom stereocenters. The van der Waals surface area contributed by atoms with Gasteiger partial charge in [0.25, 0.3) is 0 Å². The van der Waals surface area contributed by atoms with E-state index in [1.165, 1.54) is 0 Å². The topological polar surface area (TPSA) is 87.7 Å². The highest BCUT2D eigenvalue weighted by Gasteiger charge is 2.30. The summed E-state index contributed by atoms with van der Waals surface area (Å²) in [5.74, 6) is -0.333. The van der Waals surface area contributed by atoms with Gasteiger partial charge in [-0.3, -0.25) is 9.59 Å². The molecule has 0 aromatic heterocycles. The average molecular weight is 404 g/mol. The highest BCUT2D eigenvalue weighted by molar-refractivity contribution is 5.90. The standard InChI is InChI=1S/C22H33N3O4/c1-5-8-19(26)24-18-11-6-9-16(13-18)14-23-20(27)17-10-7-12-25(15-17)21(28)29-22(2,3)4/h6,9,11,13,17H,5,7-8,10,12,14-15H2,1-4H3,(H,23,27)(H,24,26). The first-order valence-electron chi connectivity index (χ1n) is 10.3. The van der Waals surface area contributed by atoms with Crippen molar-refractivity contribution in [3.63, 3.8) is 0 Å². The second-order valence-electron chi connectivity index (χ2n) is 8.48. The van der Waals surface area contributed by atoms with Gasteiger partial charge in [0.05, 0.1) is 5.92 Å². The molecule has 1 heterocycles. The Morgan fingerprint density at radius 3 is 2.69 bits per heavy atom. The average Bonchev–Trinajstić information content (AvgIpc) is 2.65. The molecular weight excluding hydrogens is 370 g/mol. The third-order valence-electron chi connectivity index (χ3n) is 4.60. The molecule has 1 fully saturated rings. The molecule has 1 aromatic rings. The van der Waals surface area contributed by atoms with Crippen LogP contribution in [0.15, 0.2) is 24.3 Å². The third-order valence-corrected chi connectivity index (χ3v) is 4.60. The normalized spacial score (nSPS) is 16.8. The molecule has 1 atom stereocenters.